The van der Waals surface area contributed by atoms with Gasteiger partial charge in [-0.25, -0.2) is 4.39 Å². The Labute approximate surface area is 121 Å². The van der Waals surface area contributed by atoms with E-state index in [0.717, 1.165) is 5.56 Å². The average molecular weight is 284 g/mol. The quantitative estimate of drug-likeness (QED) is 0.814. The van der Waals surface area contributed by atoms with Crippen molar-refractivity contribution in [1.82, 2.24) is 0 Å². The standard InChI is InChI=1S/C17H13FO3/c18-13-4-5-16-15(10-13)17(20)12(6-7-21-16)8-11-2-1-3-14(19)9-11/h1-5,8-10,19H,6-7H2. The van der Waals surface area contributed by atoms with Crippen LogP contribution in [0.15, 0.2) is 48.0 Å². The smallest absolute Gasteiger partial charge is 0.192 e. The number of hydrogen-bond acceptors (Lipinski definition) is 3. The normalized spacial score (nSPS) is 16.2. The zero-order chi connectivity index (χ0) is 14.8. The van der Waals surface area contributed by atoms with Gasteiger partial charge in [0.1, 0.15) is 17.3 Å². The number of ketones is 1. The number of aromatic hydroxyl groups is 1. The third-order valence-electron chi connectivity index (χ3n) is 3.32. The van der Waals surface area contributed by atoms with E-state index in [2.05, 4.69) is 0 Å². The maximum absolute atomic E-state index is 13.3. The highest BCUT2D eigenvalue weighted by atomic mass is 19.1. The number of phenolic OH excluding ortho intramolecular Hbond substituents is 1. The molecule has 3 nitrogen and oxygen atoms in total. The summed E-state index contributed by atoms with van der Waals surface area (Å²) >= 11 is 0. The monoisotopic (exact) mass is 284 g/mol. The maximum atomic E-state index is 13.3. The Morgan fingerprint density at radius 1 is 1.19 bits per heavy atom. The van der Waals surface area contributed by atoms with Crippen LogP contribution in [0.3, 0.4) is 0 Å². The van der Waals surface area contributed by atoms with Gasteiger partial charge in [0.05, 0.1) is 12.2 Å². The predicted octanol–water partition coefficient (Wildman–Crippen LogP) is 3.58. The van der Waals surface area contributed by atoms with E-state index in [1.54, 1.807) is 30.3 Å². The van der Waals surface area contributed by atoms with Crippen molar-refractivity contribution < 1.29 is 19.0 Å². The molecule has 2 aromatic carbocycles. The second-order valence-corrected chi connectivity index (χ2v) is 4.83. The zero-order valence-corrected chi connectivity index (χ0v) is 11.2. The van der Waals surface area contributed by atoms with Crippen molar-refractivity contribution in [2.24, 2.45) is 0 Å². The molecule has 106 valence electrons. The minimum atomic E-state index is -0.468. The fourth-order valence-corrected chi connectivity index (χ4v) is 2.32. The molecule has 0 aromatic heterocycles. The molecule has 1 aliphatic rings. The van der Waals surface area contributed by atoms with Crippen LogP contribution in [0.1, 0.15) is 22.3 Å². The van der Waals surface area contributed by atoms with Gasteiger partial charge >= 0.3 is 0 Å². The summed E-state index contributed by atoms with van der Waals surface area (Å²) < 4.78 is 18.8. The van der Waals surface area contributed by atoms with Gasteiger partial charge in [-0.3, -0.25) is 4.79 Å². The average Bonchev–Trinajstić information content (AvgIpc) is 2.60. The number of fused-ring (bicyclic) bond motifs is 1. The lowest BCUT2D eigenvalue weighted by Gasteiger charge is -2.05. The molecule has 0 aliphatic carbocycles. The van der Waals surface area contributed by atoms with E-state index in [9.17, 15) is 14.3 Å². The van der Waals surface area contributed by atoms with Crippen molar-refractivity contribution in [1.29, 1.82) is 0 Å². The van der Waals surface area contributed by atoms with Crippen LogP contribution in [0.25, 0.3) is 6.08 Å². The van der Waals surface area contributed by atoms with Gasteiger partial charge < -0.3 is 9.84 Å². The van der Waals surface area contributed by atoms with E-state index in [1.165, 1.54) is 18.2 Å². The predicted molar refractivity (Wildman–Crippen MR) is 76.9 cm³/mol. The summed E-state index contributed by atoms with van der Waals surface area (Å²) in [4.78, 5) is 12.5. The Morgan fingerprint density at radius 3 is 2.86 bits per heavy atom. The summed E-state index contributed by atoms with van der Waals surface area (Å²) in [6.07, 6.45) is 2.14. The Bertz CT molecular complexity index is 735. The molecule has 2 aromatic rings. The molecule has 1 N–H and O–H groups in total. The van der Waals surface area contributed by atoms with Crippen molar-refractivity contribution in [2.45, 2.75) is 6.42 Å². The van der Waals surface area contributed by atoms with Gasteiger partial charge in [-0.2, -0.15) is 0 Å². The third kappa shape index (κ3) is 2.79. The number of rotatable bonds is 1. The molecule has 0 radical (unpaired) electrons. The summed E-state index contributed by atoms with van der Waals surface area (Å²) in [7, 11) is 0. The molecule has 0 saturated heterocycles. The molecular weight excluding hydrogens is 271 g/mol. The van der Waals surface area contributed by atoms with Crippen molar-refractivity contribution >= 4 is 11.9 Å². The number of carbonyl (C=O) groups is 1. The minimum Gasteiger partial charge on any atom is -0.508 e. The van der Waals surface area contributed by atoms with Gasteiger partial charge in [0.15, 0.2) is 5.78 Å². The first-order chi connectivity index (χ1) is 10.1. The van der Waals surface area contributed by atoms with E-state index >= 15 is 0 Å². The molecule has 0 unspecified atom stereocenters. The lowest BCUT2D eigenvalue weighted by Crippen LogP contribution is -2.02. The molecule has 1 aliphatic heterocycles. The first kappa shape index (κ1) is 13.4. The van der Waals surface area contributed by atoms with Crippen LogP contribution >= 0.6 is 0 Å². The summed E-state index contributed by atoms with van der Waals surface area (Å²) in [5, 5.41) is 9.47. The first-order valence-corrected chi connectivity index (χ1v) is 6.60. The van der Waals surface area contributed by atoms with Crippen LogP contribution in [-0.2, 0) is 0 Å². The third-order valence-corrected chi connectivity index (χ3v) is 3.32. The molecule has 0 amide bonds. The highest BCUT2D eigenvalue weighted by Gasteiger charge is 2.21. The summed E-state index contributed by atoms with van der Waals surface area (Å²) in [5.41, 5.74) is 1.49. The first-order valence-electron chi connectivity index (χ1n) is 6.60. The number of Topliss-reactive ketones (excluding diaryl/α,β-unsaturated/α-hetero) is 1. The summed E-state index contributed by atoms with van der Waals surface area (Å²) in [5.74, 6) is -0.177. The maximum Gasteiger partial charge on any atom is 0.192 e. The van der Waals surface area contributed by atoms with Crippen molar-refractivity contribution in [3.05, 3.63) is 65.0 Å². The van der Waals surface area contributed by atoms with E-state index < -0.39 is 5.82 Å². The number of benzene rings is 2. The van der Waals surface area contributed by atoms with Crippen LogP contribution in [0, 0.1) is 5.82 Å². The molecular formula is C17H13FO3. The van der Waals surface area contributed by atoms with Crippen LogP contribution in [0.5, 0.6) is 11.5 Å². The summed E-state index contributed by atoms with van der Waals surface area (Å²) in [6, 6.07) is 10.6. The number of halogens is 1. The number of carbonyl (C=O) groups excluding carboxylic acids is 1. The molecule has 0 atom stereocenters. The van der Waals surface area contributed by atoms with Gasteiger partial charge in [-0.05, 0) is 42.0 Å². The van der Waals surface area contributed by atoms with Gasteiger partial charge in [0.25, 0.3) is 0 Å². The molecule has 0 fully saturated rings. The van der Waals surface area contributed by atoms with E-state index in [4.69, 9.17) is 4.74 Å². The molecule has 21 heavy (non-hydrogen) atoms. The summed E-state index contributed by atoms with van der Waals surface area (Å²) in [6.45, 7) is 0.356. The van der Waals surface area contributed by atoms with Crippen LogP contribution in [0.4, 0.5) is 4.39 Å². The fraction of sp³-hybridized carbons (Fsp3) is 0.118. The molecule has 3 rings (SSSR count). The van der Waals surface area contributed by atoms with Crippen molar-refractivity contribution in [2.75, 3.05) is 6.61 Å². The second kappa shape index (κ2) is 5.40. The fourth-order valence-electron chi connectivity index (χ4n) is 2.32. The molecule has 0 saturated carbocycles. The molecule has 0 bridgehead atoms. The lowest BCUT2D eigenvalue weighted by molar-refractivity contribution is 0.103. The largest absolute Gasteiger partial charge is 0.508 e. The van der Waals surface area contributed by atoms with Crippen LogP contribution in [0.2, 0.25) is 0 Å². The minimum absolute atomic E-state index is 0.133. The van der Waals surface area contributed by atoms with Crippen molar-refractivity contribution in [3.8, 4) is 11.5 Å². The van der Waals surface area contributed by atoms with E-state index in [-0.39, 0.29) is 17.1 Å². The van der Waals surface area contributed by atoms with Gasteiger partial charge in [-0.1, -0.05) is 12.1 Å². The number of phenols is 1. The zero-order valence-electron chi connectivity index (χ0n) is 11.2. The topological polar surface area (TPSA) is 46.5 Å². The number of ether oxygens (including phenoxy) is 1. The van der Waals surface area contributed by atoms with Gasteiger partial charge in [0, 0.05) is 12.0 Å². The van der Waals surface area contributed by atoms with E-state index in [1.807, 2.05) is 0 Å². The van der Waals surface area contributed by atoms with Crippen LogP contribution in [-0.4, -0.2) is 17.5 Å². The Balaban J connectivity index is 2.02. The number of hydrogen-bond donors (Lipinski definition) is 1. The highest BCUT2D eigenvalue weighted by molar-refractivity contribution is 6.13. The molecule has 4 heteroatoms. The van der Waals surface area contributed by atoms with Gasteiger partial charge in [-0.15, -0.1) is 0 Å². The van der Waals surface area contributed by atoms with Crippen LogP contribution < -0.4 is 4.74 Å². The Morgan fingerprint density at radius 2 is 2.05 bits per heavy atom. The Kier molecular flexibility index (Phi) is 3.44. The lowest BCUT2D eigenvalue weighted by atomic mass is 9.99. The second-order valence-electron chi connectivity index (χ2n) is 4.83. The van der Waals surface area contributed by atoms with E-state index in [0.29, 0.717) is 24.4 Å². The Hall–Kier alpha value is -2.62. The highest BCUT2D eigenvalue weighted by Crippen LogP contribution is 2.28. The van der Waals surface area contributed by atoms with Crippen molar-refractivity contribution in [3.63, 3.8) is 0 Å². The SMILES string of the molecule is O=C1C(=Cc2cccc(O)c2)CCOc2ccc(F)cc21. The van der Waals surface area contributed by atoms with Gasteiger partial charge in [0.2, 0.25) is 0 Å². The molecule has 1 heterocycles. The molecule has 0 spiro atoms.